The van der Waals surface area contributed by atoms with Gasteiger partial charge in [-0.1, -0.05) is 29.3 Å². The molecule has 0 amide bonds. The van der Waals surface area contributed by atoms with Crippen LogP contribution in [0.2, 0.25) is 10.0 Å². The van der Waals surface area contributed by atoms with E-state index in [0.717, 1.165) is 5.56 Å². The first-order valence-electron chi connectivity index (χ1n) is 9.17. The second-order valence-corrected chi connectivity index (χ2v) is 9.62. The standard InChI is InChI=1S/C21H19Cl2NO5S/c1-2-30(27,28)24-10-9-15-11-16(4-7-19(15)24)20(25)13-29-21(26)8-5-14-3-6-17(22)12-18(14)23/h3-8,11-12H,2,9-10,13H2,1H3/b8-5+. The molecule has 2 aromatic rings. The molecule has 0 radical (unpaired) electrons. The topological polar surface area (TPSA) is 80.8 Å². The number of esters is 1. The lowest BCUT2D eigenvalue weighted by molar-refractivity contribution is -0.136. The fourth-order valence-electron chi connectivity index (χ4n) is 3.05. The molecule has 0 bridgehead atoms. The zero-order valence-corrected chi connectivity index (χ0v) is 18.4. The summed E-state index contributed by atoms with van der Waals surface area (Å²) in [7, 11) is -3.35. The van der Waals surface area contributed by atoms with E-state index in [0.29, 0.717) is 39.8 Å². The molecule has 158 valence electrons. The van der Waals surface area contributed by atoms with Gasteiger partial charge in [0, 0.05) is 28.2 Å². The number of ether oxygens (including phenoxy) is 1. The molecule has 30 heavy (non-hydrogen) atoms. The molecule has 0 saturated carbocycles. The van der Waals surface area contributed by atoms with Crippen molar-refractivity contribution in [2.24, 2.45) is 0 Å². The third-order valence-corrected chi connectivity index (χ3v) is 7.00. The Labute approximate surface area is 185 Å². The summed E-state index contributed by atoms with van der Waals surface area (Å²) in [6.45, 7) is 1.53. The largest absolute Gasteiger partial charge is 0.454 e. The molecule has 1 aliphatic heterocycles. The van der Waals surface area contributed by atoms with Crippen LogP contribution in [-0.2, 0) is 26.0 Å². The van der Waals surface area contributed by atoms with E-state index in [-0.39, 0.29) is 11.5 Å². The minimum Gasteiger partial charge on any atom is -0.454 e. The second-order valence-electron chi connectivity index (χ2n) is 6.60. The first-order chi connectivity index (χ1) is 14.2. The summed E-state index contributed by atoms with van der Waals surface area (Å²) in [4.78, 5) is 24.3. The van der Waals surface area contributed by atoms with Gasteiger partial charge in [-0.05, 0) is 60.9 Å². The molecule has 1 heterocycles. The smallest absolute Gasteiger partial charge is 0.331 e. The molecule has 9 heteroatoms. The molecule has 0 saturated heterocycles. The first kappa shape index (κ1) is 22.3. The Kier molecular flexibility index (Phi) is 6.85. The molecule has 1 aliphatic rings. The van der Waals surface area contributed by atoms with Crippen LogP contribution < -0.4 is 4.31 Å². The van der Waals surface area contributed by atoms with Gasteiger partial charge in [0.2, 0.25) is 10.0 Å². The number of carbonyl (C=O) groups excluding carboxylic acids is 2. The van der Waals surface area contributed by atoms with Gasteiger partial charge < -0.3 is 4.74 Å². The third kappa shape index (κ3) is 5.03. The Morgan fingerprint density at radius 1 is 1.17 bits per heavy atom. The summed E-state index contributed by atoms with van der Waals surface area (Å²) in [6.07, 6.45) is 3.18. The van der Waals surface area contributed by atoms with Crippen molar-refractivity contribution in [2.75, 3.05) is 23.2 Å². The maximum absolute atomic E-state index is 12.4. The fraction of sp³-hybridized carbons (Fsp3) is 0.238. The number of rotatable bonds is 7. The predicted molar refractivity (Wildman–Crippen MR) is 118 cm³/mol. The molecule has 0 fully saturated rings. The molecule has 0 N–H and O–H groups in total. The SMILES string of the molecule is CCS(=O)(=O)N1CCc2cc(C(=O)COC(=O)/C=C/c3ccc(Cl)cc3Cl)ccc21. The van der Waals surface area contributed by atoms with Gasteiger partial charge in [0.25, 0.3) is 0 Å². The van der Waals surface area contributed by atoms with Crippen LogP contribution in [0.25, 0.3) is 6.08 Å². The van der Waals surface area contributed by atoms with Crippen LogP contribution in [0, 0.1) is 0 Å². The van der Waals surface area contributed by atoms with Crippen LogP contribution >= 0.6 is 23.2 Å². The van der Waals surface area contributed by atoms with Crippen LogP contribution in [0.5, 0.6) is 0 Å². The predicted octanol–water partition coefficient (Wildman–Crippen LogP) is 4.14. The molecule has 0 atom stereocenters. The van der Waals surface area contributed by atoms with Gasteiger partial charge in [-0.15, -0.1) is 0 Å². The number of Topliss-reactive ketones (excluding diaryl/α,β-unsaturated/α-hetero) is 1. The highest BCUT2D eigenvalue weighted by atomic mass is 35.5. The van der Waals surface area contributed by atoms with Crippen LogP contribution in [0.15, 0.2) is 42.5 Å². The lowest BCUT2D eigenvalue weighted by atomic mass is 10.1. The number of nitrogens with zero attached hydrogens (tertiary/aromatic N) is 1. The van der Waals surface area contributed by atoms with E-state index in [2.05, 4.69) is 0 Å². The molecule has 6 nitrogen and oxygen atoms in total. The van der Waals surface area contributed by atoms with Gasteiger partial charge in [0.05, 0.1) is 11.4 Å². The van der Waals surface area contributed by atoms with E-state index in [1.807, 2.05) is 0 Å². The number of fused-ring (bicyclic) bond motifs is 1. The zero-order chi connectivity index (χ0) is 21.9. The molecule has 2 aromatic carbocycles. The molecular formula is C21H19Cl2NO5S. The minimum absolute atomic E-state index is 0.0117. The minimum atomic E-state index is -3.35. The second kappa shape index (κ2) is 9.20. The van der Waals surface area contributed by atoms with Crippen molar-refractivity contribution in [2.45, 2.75) is 13.3 Å². The van der Waals surface area contributed by atoms with E-state index < -0.39 is 22.6 Å². The molecule has 0 spiro atoms. The highest BCUT2D eigenvalue weighted by molar-refractivity contribution is 7.92. The summed E-state index contributed by atoms with van der Waals surface area (Å²) in [5, 5.41) is 0.870. The van der Waals surface area contributed by atoms with E-state index in [4.69, 9.17) is 27.9 Å². The van der Waals surface area contributed by atoms with Gasteiger partial charge in [-0.2, -0.15) is 0 Å². The number of carbonyl (C=O) groups is 2. The zero-order valence-electron chi connectivity index (χ0n) is 16.1. The quantitative estimate of drug-likeness (QED) is 0.347. The Balaban J connectivity index is 1.62. The maximum atomic E-state index is 12.4. The fourth-order valence-corrected chi connectivity index (χ4v) is 4.68. The molecule has 0 aromatic heterocycles. The summed E-state index contributed by atoms with van der Waals surface area (Å²) in [5.41, 5.74) is 2.33. The van der Waals surface area contributed by atoms with Crippen molar-refractivity contribution in [3.05, 3.63) is 69.2 Å². The van der Waals surface area contributed by atoms with Gasteiger partial charge in [-0.3, -0.25) is 9.10 Å². The molecule has 0 aliphatic carbocycles. The van der Waals surface area contributed by atoms with Crippen LogP contribution in [0.1, 0.15) is 28.4 Å². The van der Waals surface area contributed by atoms with E-state index in [9.17, 15) is 18.0 Å². The van der Waals surface area contributed by atoms with E-state index in [1.54, 1.807) is 43.3 Å². The Morgan fingerprint density at radius 3 is 2.63 bits per heavy atom. The monoisotopic (exact) mass is 467 g/mol. The molecule has 0 unspecified atom stereocenters. The summed E-state index contributed by atoms with van der Waals surface area (Å²) >= 11 is 11.9. The van der Waals surface area contributed by atoms with Gasteiger partial charge in [-0.25, -0.2) is 13.2 Å². The lowest BCUT2D eigenvalue weighted by Gasteiger charge is -2.18. The van der Waals surface area contributed by atoms with Gasteiger partial charge >= 0.3 is 5.97 Å². The normalized spacial score (nSPS) is 13.5. The number of sulfonamides is 1. The van der Waals surface area contributed by atoms with Crippen molar-refractivity contribution in [1.29, 1.82) is 0 Å². The number of ketones is 1. The van der Waals surface area contributed by atoms with Crippen LogP contribution in [0.4, 0.5) is 5.69 Å². The lowest BCUT2D eigenvalue weighted by Crippen LogP contribution is -2.30. The molecule has 3 rings (SSSR count). The van der Waals surface area contributed by atoms with Gasteiger partial charge in [0.15, 0.2) is 12.4 Å². The number of hydrogen-bond donors (Lipinski definition) is 0. The average Bonchev–Trinajstić information content (AvgIpc) is 3.15. The van der Waals surface area contributed by atoms with Crippen molar-refractivity contribution < 1.29 is 22.7 Å². The van der Waals surface area contributed by atoms with Crippen LogP contribution in [-0.4, -0.2) is 39.1 Å². The van der Waals surface area contributed by atoms with Crippen molar-refractivity contribution in [3.8, 4) is 0 Å². The number of benzene rings is 2. The number of anilines is 1. The van der Waals surface area contributed by atoms with E-state index in [1.165, 1.54) is 16.5 Å². The summed E-state index contributed by atoms with van der Waals surface area (Å²) in [5.74, 6) is -1.05. The van der Waals surface area contributed by atoms with Crippen molar-refractivity contribution in [1.82, 2.24) is 0 Å². The Hall–Kier alpha value is -2.35. The van der Waals surface area contributed by atoms with Crippen LogP contribution in [0.3, 0.4) is 0 Å². The first-order valence-corrected chi connectivity index (χ1v) is 11.5. The Morgan fingerprint density at radius 2 is 1.93 bits per heavy atom. The van der Waals surface area contributed by atoms with Gasteiger partial charge in [0.1, 0.15) is 0 Å². The van der Waals surface area contributed by atoms with Crippen molar-refractivity contribution in [3.63, 3.8) is 0 Å². The highest BCUT2D eigenvalue weighted by Crippen LogP contribution is 2.31. The highest BCUT2D eigenvalue weighted by Gasteiger charge is 2.28. The average molecular weight is 468 g/mol. The number of hydrogen-bond acceptors (Lipinski definition) is 5. The summed E-state index contributed by atoms with van der Waals surface area (Å²) < 4.78 is 30.7. The maximum Gasteiger partial charge on any atom is 0.331 e. The van der Waals surface area contributed by atoms with E-state index >= 15 is 0 Å². The number of halogens is 2. The summed E-state index contributed by atoms with van der Waals surface area (Å²) in [6, 6.07) is 9.67. The van der Waals surface area contributed by atoms with Crippen molar-refractivity contribution >= 4 is 56.7 Å². The Bertz CT molecular complexity index is 1130. The third-order valence-electron chi connectivity index (χ3n) is 4.66. The molecular weight excluding hydrogens is 449 g/mol.